The number of hydrogen-bond acceptors (Lipinski definition) is 4. The number of nitriles is 1. The van der Waals surface area contributed by atoms with Gasteiger partial charge in [0.15, 0.2) is 11.5 Å². The maximum Gasteiger partial charge on any atom is 0.183 e. The van der Waals surface area contributed by atoms with Gasteiger partial charge in [-0.15, -0.1) is 0 Å². The molecule has 0 aromatic carbocycles. The van der Waals surface area contributed by atoms with E-state index in [2.05, 4.69) is 9.97 Å². The van der Waals surface area contributed by atoms with E-state index < -0.39 is 0 Å². The van der Waals surface area contributed by atoms with Crippen molar-refractivity contribution in [3.63, 3.8) is 0 Å². The van der Waals surface area contributed by atoms with Gasteiger partial charge in [0.2, 0.25) is 0 Å². The van der Waals surface area contributed by atoms with Gasteiger partial charge in [0, 0.05) is 5.41 Å². The standard InChI is InChI=1S/C16H20N4/c1-9-14(20-15(18)13(8-17)19-9)16-5-10-2-11(6-16)4-12(3-10)7-16/h10-12H,2-7H2,1H3,(H2,18,20). The zero-order chi connectivity index (χ0) is 13.9. The minimum atomic E-state index is 0.202. The van der Waals surface area contributed by atoms with Crippen LogP contribution in [0.1, 0.15) is 55.6 Å². The molecule has 4 nitrogen and oxygen atoms in total. The SMILES string of the molecule is Cc1nc(C#N)c(N)nc1C12CC3CC(CC(C3)C1)C2. The van der Waals surface area contributed by atoms with Crippen molar-refractivity contribution in [2.45, 2.75) is 50.9 Å². The summed E-state index contributed by atoms with van der Waals surface area (Å²) in [6.45, 7) is 1.99. The summed E-state index contributed by atoms with van der Waals surface area (Å²) in [5.74, 6) is 2.93. The van der Waals surface area contributed by atoms with E-state index >= 15 is 0 Å². The number of aryl methyl sites for hydroxylation is 1. The topological polar surface area (TPSA) is 75.6 Å². The van der Waals surface area contributed by atoms with Crippen molar-refractivity contribution in [3.05, 3.63) is 17.1 Å². The minimum Gasteiger partial charge on any atom is -0.381 e. The monoisotopic (exact) mass is 268 g/mol. The number of nitrogen functional groups attached to an aromatic ring is 1. The van der Waals surface area contributed by atoms with Crippen molar-refractivity contribution in [1.29, 1.82) is 5.26 Å². The number of nitrogens with two attached hydrogens (primary N) is 1. The molecular formula is C16H20N4. The highest BCUT2D eigenvalue weighted by molar-refractivity contribution is 5.46. The number of hydrogen-bond donors (Lipinski definition) is 1. The highest BCUT2D eigenvalue weighted by atomic mass is 14.9. The van der Waals surface area contributed by atoms with E-state index in [4.69, 9.17) is 11.0 Å². The van der Waals surface area contributed by atoms with Gasteiger partial charge in [-0.25, -0.2) is 9.97 Å². The molecule has 4 saturated carbocycles. The van der Waals surface area contributed by atoms with Crippen molar-refractivity contribution in [2.75, 3.05) is 5.73 Å². The molecule has 104 valence electrons. The zero-order valence-corrected chi connectivity index (χ0v) is 11.9. The fraction of sp³-hybridized carbons (Fsp3) is 0.688. The Morgan fingerprint density at radius 1 is 1.10 bits per heavy atom. The molecule has 20 heavy (non-hydrogen) atoms. The van der Waals surface area contributed by atoms with Gasteiger partial charge in [-0.05, 0) is 63.2 Å². The lowest BCUT2D eigenvalue weighted by Crippen LogP contribution is -2.49. The first-order valence-corrected chi connectivity index (χ1v) is 7.64. The van der Waals surface area contributed by atoms with E-state index in [1.165, 1.54) is 38.5 Å². The van der Waals surface area contributed by atoms with Crippen LogP contribution in [-0.2, 0) is 5.41 Å². The van der Waals surface area contributed by atoms with Gasteiger partial charge < -0.3 is 5.73 Å². The van der Waals surface area contributed by atoms with Gasteiger partial charge in [-0.2, -0.15) is 5.26 Å². The van der Waals surface area contributed by atoms with Crippen LogP contribution >= 0.6 is 0 Å². The van der Waals surface area contributed by atoms with Crippen molar-refractivity contribution >= 4 is 5.82 Å². The first-order valence-electron chi connectivity index (χ1n) is 7.64. The van der Waals surface area contributed by atoms with Gasteiger partial charge in [0.25, 0.3) is 0 Å². The number of aromatic nitrogens is 2. The molecule has 1 aromatic rings. The molecule has 0 saturated heterocycles. The Balaban J connectivity index is 1.81. The second-order valence-corrected chi connectivity index (χ2v) is 7.20. The summed E-state index contributed by atoms with van der Waals surface area (Å²) in [6.07, 6.45) is 7.99. The second kappa shape index (κ2) is 3.94. The Labute approximate surface area is 119 Å². The van der Waals surface area contributed by atoms with E-state index in [1.54, 1.807) is 0 Å². The van der Waals surface area contributed by atoms with Crippen molar-refractivity contribution in [1.82, 2.24) is 9.97 Å². The Kier molecular flexibility index (Phi) is 2.39. The molecule has 0 radical (unpaired) electrons. The maximum absolute atomic E-state index is 9.04. The zero-order valence-electron chi connectivity index (χ0n) is 11.9. The van der Waals surface area contributed by atoms with E-state index in [0.29, 0.717) is 5.82 Å². The van der Waals surface area contributed by atoms with Crippen LogP contribution in [0.2, 0.25) is 0 Å². The largest absolute Gasteiger partial charge is 0.381 e. The van der Waals surface area contributed by atoms with Crippen LogP contribution in [0.15, 0.2) is 0 Å². The van der Waals surface area contributed by atoms with Crippen LogP contribution in [0.3, 0.4) is 0 Å². The summed E-state index contributed by atoms with van der Waals surface area (Å²) in [6, 6.07) is 2.04. The fourth-order valence-corrected chi connectivity index (χ4v) is 5.52. The molecule has 1 heterocycles. The quantitative estimate of drug-likeness (QED) is 0.849. The summed E-state index contributed by atoms with van der Waals surface area (Å²) in [4.78, 5) is 9.03. The van der Waals surface area contributed by atoms with E-state index in [-0.39, 0.29) is 11.1 Å². The van der Waals surface area contributed by atoms with Crippen LogP contribution in [-0.4, -0.2) is 9.97 Å². The third kappa shape index (κ3) is 1.59. The molecule has 0 spiro atoms. The van der Waals surface area contributed by atoms with Gasteiger partial charge >= 0.3 is 0 Å². The normalized spacial score (nSPS) is 37.9. The molecule has 2 N–H and O–H groups in total. The van der Waals surface area contributed by atoms with Crippen LogP contribution in [0.25, 0.3) is 0 Å². The summed E-state index contributed by atoms with van der Waals surface area (Å²) in [5.41, 5.74) is 8.41. The van der Waals surface area contributed by atoms with E-state index in [0.717, 1.165) is 29.1 Å². The van der Waals surface area contributed by atoms with Gasteiger partial charge in [0.05, 0.1) is 11.4 Å². The molecule has 4 heteroatoms. The van der Waals surface area contributed by atoms with Crippen molar-refractivity contribution < 1.29 is 0 Å². The predicted molar refractivity (Wildman–Crippen MR) is 75.7 cm³/mol. The lowest BCUT2D eigenvalue weighted by atomic mass is 9.48. The van der Waals surface area contributed by atoms with Gasteiger partial charge in [-0.3, -0.25) is 0 Å². The average Bonchev–Trinajstić information content (AvgIpc) is 2.39. The first kappa shape index (κ1) is 12.1. The predicted octanol–water partition coefficient (Wildman–Crippen LogP) is 2.71. The highest BCUT2D eigenvalue weighted by Crippen LogP contribution is 2.60. The summed E-state index contributed by atoms with van der Waals surface area (Å²) >= 11 is 0. The van der Waals surface area contributed by atoms with Crippen molar-refractivity contribution in [3.8, 4) is 6.07 Å². The van der Waals surface area contributed by atoms with Crippen LogP contribution in [0.4, 0.5) is 5.82 Å². The van der Waals surface area contributed by atoms with Gasteiger partial charge in [0.1, 0.15) is 6.07 Å². The number of nitrogens with zero attached hydrogens (tertiary/aromatic N) is 3. The Bertz CT molecular complexity index is 578. The van der Waals surface area contributed by atoms with Crippen molar-refractivity contribution in [2.24, 2.45) is 17.8 Å². The molecule has 0 atom stereocenters. The summed E-state index contributed by atoms with van der Waals surface area (Å²) in [7, 11) is 0. The van der Waals surface area contributed by atoms with E-state index in [9.17, 15) is 0 Å². The van der Waals surface area contributed by atoms with Crippen LogP contribution in [0.5, 0.6) is 0 Å². The smallest absolute Gasteiger partial charge is 0.183 e. The van der Waals surface area contributed by atoms with Gasteiger partial charge in [-0.1, -0.05) is 0 Å². The lowest BCUT2D eigenvalue weighted by molar-refractivity contribution is -0.00764. The molecular weight excluding hydrogens is 248 g/mol. The molecule has 4 bridgehead atoms. The molecule has 1 aromatic heterocycles. The minimum absolute atomic E-state index is 0.202. The Morgan fingerprint density at radius 2 is 1.65 bits per heavy atom. The van der Waals surface area contributed by atoms with E-state index in [1.807, 2.05) is 13.0 Å². The maximum atomic E-state index is 9.04. The molecule has 5 rings (SSSR count). The number of anilines is 1. The molecule has 0 aliphatic heterocycles. The fourth-order valence-electron chi connectivity index (χ4n) is 5.52. The molecule has 0 amide bonds. The second-order valence-electron chi connectivity index (χ2n) is 7.20. The molecule has 4 aliphatic rings. The molecule has 4 aliphatic carbocycles. The van der Waals surface area contributed by atoms with Crippen LogP contribution < -0.4 is 5.73 Å². The summed E-state index contributed by atoms with van der Waals surface area (Å²) in [5, 5.41) is 9.04. The molecule has 0 unspecified atom stereocenters. The third-order valence-electron chi connectivity index (χ3n) is 5.74. The third-order valence-corrected chi connectivity index (χ3v) is 5.74. The summed E-state index contributed by atoms with van der Waals surface area (Å²) < 4.78 is 0. The Morgan fingerprint density at radius 3 is 2.15 bits per heavy atom. The highest BCUT2D eigenvalue weighted by Gasteiger charge is 2.53. The lowest BCUT2D eigenvalue weighted by Gasteiger charge is -2.56. The Hall–Kier alpha value is -1.63. The molecule has 4 fully saturated rings. The van der Waals surface area contributed by atoms with Crippen LogP contribution in [0, 0.1) is 36.0 Å². The number of rotatable bonds is 1. The average molecular weight is 268 g/mol. The first-order chi connectivity index (χ1) is 9.59.